The summed E-state index contributed by atoms with van der Waals surface area (Å²) < 4.78 is 27.3. The number of ether oxygens (including phenoxy) is 5. The van der Waals surface area contributed by atoms with Gasteiger partial charge < -0.3 is 28.8 Å². The Labute approximate surface area is 187 Å². The van der Waals surface area contributed by atoms with E-state index in [0.717, 1.165) is 43.6 Å². The van der Waals surface area contributed by atoms with Gasteiger partial charge in [-0.3, -0.25) is 4.79 Å². The molecule has 7 nitrogen and oxygen atoms in total. The normalized spacial score (nSPS) is 10.8. The lowest BCUT2D eigenvalue weighted by molar-refractivity contribution is -0.145. The molecule has 0 aliphatic carbocycles. The van der Waals surface area contributed by atoms with Crippen molar-refractivity contribution in [1.29, 1.82) is 0 Å². The Morgan fingerprint density at radius 1 is 0.774 bits per heavy atom. The topological polar surface area (TPSA) is 83.5 Å². The highest BCUT2D eigenvalue weighted by Gasteiger charge is 2.01. The van der Waals surface area contributed by atoms with Gasteiger partial charge in [0.25, 0.3) is 0 Å². The Morgan fingerprint density at radius 2 is 1.35 bits per heavy atom. The fourth-order valence-corrected chi connectivity index (χ4v) is 2.80. The maximum atomic E-state index is 11.2. The van der Waals surface area contributed by atoms with Gasteiger partial charge >= 0.3 is 5.97 Å². The van der Waals surface area contributed by atoms with Crippen LogP contribution in [0.2, 0.25) is 0 Å². The molecule has 1 rings (SSSR count). The monoisotopic (exact) mass is 440 g/mol. The van der Waals surface area contributed by atoms with Crippen LogP contribution < -0.4 is 9.47 Å². The molecule has 7 heteroatoms. The maximum Gasteiger partial charge on any atom is 0.305 e. The molecule has 0 atom stereocenters. The first kappa shape index (κ1) is 27.2. The number of rotatable bonds is 21. The second-order valence-corrected chi connectivity index (χ2v) is 7.21. The van der Waals surface area contributed by atoms with Crippen molar-refractivity contribution in [2.24, 2.45) is 0 Å². The standard InChI is InChI=1S/C24H40O7/c1-2-10-24(26)31-20-18-28-16-15-27-17-19-30-23-12-9-11-22(21-23)29-14-8-6-4-3-5-7-13-25/h9,11-12,21,25H,2-8,10,13-20H2,1H3. The van der Waals surface area contributed by atoms with Gasteiger partial charge in [0, 0.05) is 19.1 Å². The molecular weight excluding hydrogens is 400 g/mol. The summed E-state index contributed by atoms with van der Waals surface area (Å²) in [6.45, 7) is 5.44. The molecule has 178 valence electrons. The van der Waals surface area contributed by atoms with Gasteiger partial charge in [-0.05, 0) is 31.4 Å². The van der Waals surface area contributed by atoms with Crippen molar-refractivity contribution in [3.8, 4) is 11.5 Å². The number of hydrogen-bond donors (Lipinski definition) is 1. The summed E-state index contributed by atoms with van der Waals surface area (Å²) in [4.78, 5) is 11.2. The van der Waals surface area contributed by atoms with Crippen LogP contribution in [0.25, 0.3) is 0 Å². The van der Waals surface area contributed by atoms with Crippen LogP contribution in [0.15, 0.2) is 24.3 Å². The van der Waals surface area contributed by atoms with E-state index in [1.54, 1.807) is 0 Å². The number of unbranched alkanes of at least 4 members (excludes halogenated alkanes) is 5. The third-order valence-corrected chi connectivity index (χ3v) is 4.44. The van der Waals surface area contributed by atoms with Gasteiger partial charge in [-0.15, -0.1) is 0 Å². The zero-order chi connectivity index (χ0) is 22.4. The molecule has 0 heterocycles. The minimum atomic E-state index is -0.181. The highest BCUT2D eigenvalue weighted by Crippen LogP contribution is 2.19. The minimum Gasteiger partial charge on any atom is -0.493 e. The van der Waals surface area contributed by atoms with E-state index < -0.39 is 0 Å². The number of esters is 1. The number of carbonyl (C=O) groups is 1. The van der Waals surface area contributed by atoms with Crippen LogP contribution in [0.3, 0.4) is 0 Å². The Balaban J connectivity index is 1.97. The minimum absolute atomic E-state index is 0.181. The van der Waals surface area contributed by atoms with E-state index in [1.165, 1.54) is 12.8 Å². The van der Waals surface area contributed by atoms with E-state index in [4.69, 9.17) is 28.8 Å². The summed E-state index contributed by atoms with van der Waals surface area (Å²) in [5, 5.41) is 8.76. The largest absolute Gasteiger partial charge is 0.493 e. The molecule has 1 N–H and O–H groups in total. The fourth-order valence-electron chi connectivity index (χ4n) is 2.80. The Bertz CT molecular complexity index is 550. The van der Waals surface area contributed by atoms with Crippen LogP contribution in [0, 0.1) is 0 Å². The first-order valence-electron chi connectivity index (χ1n) is 11.5. The molecule has 0 aromatic heterocycles. The van der Waals surface area contributed by atoms with Crippen LogP contribution in [0.4, 0.5) is 0 Å². The number of benzene rings is 1. The van der Waals surface area contributed by atoms with Crippen molar-refractivity contribution >= 4 is 5.97 Å². The molecule has 0 bridgehead atoms. The van der Waals surface area contributed by atoms with Crippen molar-refractivity contribution < 1.29 is 33.6 Å². The molecule has 0 spiro atoms. The second-order valence-electron chi connectivity index (χ2n) is 7.21. The smallest absolute Gasteiger partial charge is 0.305 e. The Hall–Kier alpha value is -1.83. The highest BCUT2D eigenvalue weighted by atomic mass is 16.6. The molecule has 1 aromatic rings. The Morgan fingerprint density at radius 3 is 2.03 bits per heavy atom. The van der Waals surface area contributed by atoms with Crippen molar-refractivity contribution in [1.82, 2.24) is 0 Å². The predicted octanol–water partition coefficient (Wildman–Crippen LogP) is 4.15. The van der Waals surface area contributed by atoms with Crippen molar-refractivity contribution in [2.45, 2.75) is 58.3 Å². The molecular formula is C24H40O7. The predicted molar refractivity (Wildman–Crippen MR) is 120 cm³/mol. The van der Waals surface area contributed by atoms with Crippen molar-refractivity contribution in [3.63, 3.8) is 0 Å². The molecule has 0 amide bonds. The third-order valence-electron chi connectivity index (χ3n) is 4.44. The SMILES string of the molecule is CCCC(=O)OCCOCCOCCOc1cccc(OCCCCCCCCO)c1. The molecule has 0 aliphatic heterocycles. The summed E-state index contributed by atoms with van der Waals surface area (Å²) in [6, 6.07) is 7.64. The van der Waals surface area contributed by atoms with Gasteiger partial charge in [0.15, 0.2) is 0 Å². The van der Waals surface area contributed by atoms with E-state index >= 15 is 0 Å². The number of hydrogen-bond acceptors (Lipinski definition) is 7. The quantitative estimate of drug-likeness (QED) is 0.227. The van der Waals surface area contributed by atoms with Crippen molar-refractivity contribution in [2.75, 3.05) is 52.9 Å². The lowest BCUT2D eigenvalue weighted by atomic mass is 10.1. The van der Waals surface area contributed by atoms with Crippen molar-refractivity contribution in [3.05, 3.63) is 24.3 Å². The maximum absolute atomic E-state index is 11.2. The lowest BCUT2D eigenvalue weighted by Gasteiger charge is -2.10. The average molecular weight is 441 g/mol. The zero-order valence-electron chi connectivity index (χ0n) is 19.0. The second kappa shape index (κ2) is 20.1. The van der Waals surface area contributed by atoms with Crippen LogP contribution >= 0.6 is 0 Å². The highest BCUT2D eigenvalue weighted by molar-refractivity contribution is 5.69. The van der Waals surface area contributed by atoms with E-state index in [0.29, 0.717) is 52.7 Å². The number of aliphatic hydroxyl groups excluding tert-OH is 1. The average Bonchev–Trinajstić information content (AvgIpc) is 2.77. The molecule has 31 heavy (non-hydrogen) atoms. The van der Waals surface area contributed by atoms with E-state index in [2.05, 4.69) is 0 Å². The molecule has 0 aliphatic rings. The molecule has 1 aromatic carbocycles. The van der Waals surface area contributed by atoms with Gasteiger partial charge in [0.05, 0.1) is 33.0 Å². The summed E-state index contributed by atoms with van der Waals surface area (Å²) in [5.74, 6) is 1.39. The third kappa shape index (κ3) is 16.5. The van der Waals surface area contributed by atoms with E-state index in [9.17, 15) is 4.79 Å². The first-order valence-corrected chi connectivity index (χ1v) is 11.5. The van der Waals surface area contributed by atoms with Gasteiger partial charge in [0.2, 0.25) is 0 Å². The lowest BCUT2D eigenvalue weighted by Crippen LogP contribution is -2.14. The van der Waals surface area contributed by atoms with Gasteiger partial charge in [0.1, 0.15) is 24.7 Å². The summed E-state index contributed by atoms with van der Waals surface area (Å²) in [6.07, 6.45) is 7.78. The molecule has 0 saturated carbocycles. The van der Waals surface area contributed by atoms with Crippen LogP contribution in [0.1, 0.15) is 58.3 Å². The summed E-state index contributed by atoms with van der Waals surface area (Å²) >= 11 is 0. The summed E-state index contributed by atoms with van der Waals surface area (Å²) in [7, 11) is 0. The van der Waals surface area contributed by atoms with E-state index in [-0.39, 0.29) is 12.6 Å². The summed E-state index contributed by atoms with van der Waals surface area (Å²) in [5.41, 5.74) is 0. The number of carbonyl (C=O) groups excluding carboxylic acids is 1. The molecule has 0 saturated heterocycles. The van der Waals surface area contributed by atoms with Crippen LogP contribution in [0.5, 0.6) is 11.5 Å². The number of aliphatic hydroxyl groups is 1. The molecule has 0 fully saturated rings. The van der Waals surface area contributed by atoms with Crippen LogP contribution in [-0.2, 0) is 19.0 Å². The van der Waals surface area contributed by atoms with Crippen LogP contribution in [-0.4, -0.2) is 63.9 Å². The molecule has 0 radical (unpaired) electrons. The zero-order valence-corrected chi connectivity index (χ0v) is 19.0. The fraction of sp³-hybridized carbons (Fsp3) is 0.708. The van der Waals surface area contributed by atoms with Gasteiger partial charge in [-0.2, -0.15) is 0 Å². The first-order chi connectivity index (χ1) is 15.3. The Kier molecular flexibility index (Phi) is 17.6. The van der Waals surface area contributed by atoms with Gasteiger partial charge in [-0.1, -0.05) is 38.7 Å². The molecule has 0 unspecified atom stereocenters. The van der Waals surface area contributed by atoms with Gasteiger partial charge in [-0.25, -0.2) is 0 Å². The van der Waals surface area contributed by atoms with E-state index in [1.807, 2.05) is 31.2 Å².